The number of nitrogens with one attached hydrogen (secondary N) is 1. The fourth-order valence-electron chi connectivity index (χ4n) is 2.35. The number of methoxy groups -OCH3 is 1. The summed E-state index contributed by atoms with van der Waals surface area (Å²) in [4.78, 5) is 12.4. The van der Waals surface area contributed by atoms with Gasteiger partial charge in [-0.2, -0.15) is 16.9 Å². The molecule has 2 N–H and O–H groups in total. The van der Waals surface area contributed by atoms with Crippen LogP contribution in [0.3, 0.4) is 0 Å². The van der Waals surface area contributed by atoms with E-state index in [1.165, 1.54) is 0 Å². The van der Waals surface area contributed by atoms with Crippen LogP contribution in [0.4, 0.5) is 0 Å². The van der Waals surface area contributed by atoms with E-state index in [1.807, 2.05) is 37.4 Å². The number of carbonyl (C=O) groups excluding carboxylic acids is 1. The normalized spacial score (nSPS) is 12.0. The van der Waals surface area contributed by atoms with Gasteiger partial charge in [0.05, 0.1) is 42.9 Å². The molecule has 0 unspecified atom stereocenters. The van der Waals surface area contributed by atoms with Crippen molar-refractivity contribution in [2.24, 2.45) is 0 Å². The van der Waals surface area contributed by atoms with Crippen molar-refractivity contribution in [2.45, 2.75) is 19.4 Å². The van der Waals surface area contributed by atoms with Gasteiger partial charge in [0.25, 0.3) is 5.91 Å². The Hall–Kier alpha value is -1.99. The zero-order valence-electron chi connectivity index (χ0n) is 14.2. The number of carbonyl (C=O) groups is 1. The van der Waals surface area contributed by atoms with Crippen LogP contribution in [0.15, 0.2) is 30.5 Å². The second-order valence-corrected chi connectivity index (χ2v) is 6.37. The molecule has 2 rings (SSSR count). The molecule has 0 radical (unpaired) electrons. The lowest BCUT2D eigenvalue weighted by Gasteiger charge is -2.15. The van der Waals surface area contributed by atoms with E-state index in [1.54, 1.807) is 29.8 Å². The summed E-state index contributed by atoms with van der Waals surface area (Å²) in [5.41, 5.74) is 2.11. The molecule has 0 aliphatic carbocycles. The number of hydrogen-bond acceptors (Lipinski definition) is 5. The molecule has 7 heteroatoms. The lowest BCUT2D eigenvalue weighted by atomic mass is 10.2. The molecule has 0 saturated carbocycles. The first-order valence-electron chi connectivity index (χ1n) is 7.70. The summed E-state index contributed by atoms with van der Waals surface area (Å²) < 4.78 is 6.86. The Morgan fingerprint density at radius 3 is 2.71 bits per heavy atom. The van der Waals surface area contributed by atoms with Gasteiger partial charge in [-0.05, 0) is 49.6 Å². The summed E-state index contributed by atoms with van der Waals surface area (Å²) >= 11 is 1.69. The van der Waals surface area contributed by atoms with E-state index in [0.29, 0.717) is 5.56 Å². The minimum atomic E-state index is -0.242. The van der Waals surface area contributed by atoms with E-state index in [-0.39, 0.29) is 18.6 Å². The van der Waals surface area contributed by atoms with Crippen LogP contribution in [0, 0.1) is 6.92 Å². The van der Waals surface area contributed by atoms with E-state index >= 15 is 0 Å². The molecule has 0 fully saturated rings. The molecule has 0 aliphatic heterocycles. The predicted molar refractivity (Wildman–Crippen MR) is 96.2 cm³/mol. The summed E-state index contributed by atoms with van der Waals surface area (Å²) in [5, 5.41) is 16.6. The third-order valence-electron chi connectivity index (χ3n) is 3.80. The van der Waals surface area contributed by atoms with Gasteiger partial charge in [-0.15, -0.1) is 0 Å². The Kier molecular flexibility index (Phi) is 6.69. The highest BCUT2D eigenvalue weighted by molar-refractivity contribution is 7.98. The SMILES string of the molecule is COc1ccc(-n2ncc(C(=O)N[C@@H](CO)CCSC)c2C)cc1. The number of aliphatic hydroxyl groups is 1. The van der Waals surface area contributed by atoms with Crippen molar-refractivity contribution in [1.29, 1.82) is 0 Å². The van der Waals surface area contributed by atoms with E-state index in [0.717, 1.165) is 29.3 Å². The Morgan fingerprint density at radius 1 is 1.42 bits per heavy atom. The predicted octanol–water partition coefficient (Wildman–Crippen LogP) is 2.03. The first kappa shape index (κ1) is 18.4. The van der Waals surface area contributed by atoms with Gasteiger partial charge in [0.1, 0.15) is 5.75 Å². The fourth-order valence-corrected chi connectivity index (χ4v) is 2.87. The standard InChI is InChI=1S/C17H23N3O3S/c1-12-16(17(22)19-13(11-21)8-9-24-3)10-18-20(12)14-4-6-15(23-2)7-5-14/h4-7,10,13,21H,8-9,11H2,1-3H3,(H,19,22)/t13-/m1/s1. The molecule has 0 saturated heterocycles. The summed E-state index contributed by atoms with van der Waals surface area (Å²) in [6.45, 7) is 1.78. The third kappa shape index (κ3) is 4.30. The maximum atomic E-state index is 12.4. The van der Waals surface area contributed by atoms with E-state index < -0.39 is 0 Å². The van der Waals surface area contributed by atoms with Crippen LogP contribution in [0.25, 0.3) is 5.69 Å². The summed E-state index contributed by atoms with van der Waals surface area (Å²) in [6, 6.07) is 7.22. The summed E-state index contributed by atoms with van der Waals surface area (Å²) in [5.74, 6) is 1.43. The van der Waals surface area contributed by atoms with Gasteiger partial charge in [0.2, 0.25) is 0 Å². The molecule has 1 heterocycles. The number of thioether (sulfide) groups is 1. The molecule has 0 bridgehead atoms. The Balaban J connectivity index is 2.14. The van der Waals surface area contributed by atoms with Crippen molar-refractivity contribution < 1.29 is 14.6 Å². The first-order chi connectivity index (χ1) is 11.6. The van der Waals surface area contributed by atoms with Gasteiger partial charge in [-0.3, -0.25) is 4.79 Å². The number of aliphatic hydroxyl groups excluding tert-OH is 1. The average Bonchev–Trinajstić information content (AvgIpc) is 3.00. The highest BCUT2D eigenvalue weighted by Crippen LogP contribution is 2.18. The minimum Gasteiger partial charge on any atom is -0.497 e. The van der Waals surface area contributed by atoms with Crippen molar-refractivity contribution in [3.63, 3.8) is 0 Å². The molecular formula is C17H23N3O3S. The Bertz CT molecular complexity index is 670. The molecule has 130 valence electrons. The Labute approximate surface area is 146 Å². The van der Waals surface area contributed by atoms with Gasteiger partial charge in [-0.25, -0.2) is 4.68 Å². The van der Waals surface area contributed by atoms with Gasteiger partial charge in [0.15, 0.2) is 0 Å². The van der Waals surface area contributed by atoms with Gasteiger partial charge in [-0.1, -0.05) is 0 Å². The molecule has 6 nitrogen and oxygen atoms in total. The zero-order valence-corrected chi connectivity index (χ0v) is 15.0. The quantitative estimate of drug-likeness (QED) is 0.763. The monoisotopic (exact) mass is 349 g/mol. The molecule has 1 amide bonds. The van der Waals surface area contributed by atoms with Crippen molar-refractivity contribution in [3.05, 3.63) is 41.7 Å². The number of benzene rings is 1. The van der Waals surface area contributed by atoms with Gasteiger partial charge in [0, 0.05) is 0 Å². The largest absolute Gasteiger partial charge is 0.497 e. The second kappa shape index (κ2) is 8.75. The average molecular weight is 349 g/mol. The van der Waals surface area contributed by atoms with E-state index in [4.69, 9.17) is 4.74 Å². The maximum Gasteiger partial charge on any atom is 0.255 e. The molecule has 0 aliphatic rings. The smallest absolute Gasteiger partial charge is 0.255 e. The number of ether oxygens (including phenoxy) is 1. The van der Waals surface area contributed by atoms with E-state index in [9.17, 15) is 9.90 Å². The van der Waals surface area contributed by atoms with Crippen LogP contribution in [0.2, 0.25) is 0 Å². The highest BCUT2D eigenvalue weighted by Gasteiger charge is 2.18. The highest BCUT2D eigenvalue weighted by atomic mass is 32.2. The minimum absolute atomic E-state index is 0.0715. The van der Waals surface area contributed by atoms with Crippen molar-refractivity contribution >= 4 is 17.7 Å². The molecule has 1 atom stereocenters. The van der Waals surface area contributed by atoms with Crippen LogP contribution in [-0.4, -0.2) is 52.6 Å². The number of rotatable bonds is 8. The van der Waals surface area contributed by atoms with Crippen LogP contribution >= 0.6 is 11.8 Å². The number of hydrogen-bond donors (Lipinski definition) is 2. The van der Waals surface area contributed by atoms with Crippen molar-refractivity contribution in [2.75, 3.05) is 25.7 Å². The lowest BCUT2D eigenvalue weighted by molar-refractivity contribution is 0.0914. The maximum absolute atomic E-state index is 12.4. The lowest BCUT2D eigenvalue weighted by Crippen LogP contribution is -2.38. The first-order valence-corrected chi connectivity index (χ1v) is 9.09. The van der Waals surface area contributed by atoms with Gasteiger partial charge >= 0.3 is 0 Å². The van der Waals surface area contributed by atoms with Crippen LogP contribution < -0.4 is 10.1 Å². The molecule has 1 aromatic carbocycles. The molecule has 0 spiro atoms. The topological polar surface area (TPSA) is 76.4 Å². The Morgan fingerprint density at radius 2 is 2.12 bits per heavy atom. The summed E-state index contributed by atoms with van der Waals surface area (Å²) in [7, 11) is 1.62. The number of aromatic nitrogens is 2. The molecular weight excluding hydrogens is 326 g/mol. The fraction of sp³-hybridized carbons (Fsp3) is 0.412. The van der Waals surface area contributed by atoms with Crippen LogP contribution in [0.5, 0.6) is 5.75 Å². The van der Waals surface area contributed by atoms with Crippen LogP contribution in [0.1, 0.15) is 22.5 Å². The number of nitrogens with zero attached hydrogens (tertiary/aromatic N) is 2. The molecule has 2 aromatic rings. The van der Waals surface area contributed by atoms with E-state index in [2.05, 4.69) is 10.4 Å². The number of amides is 1. The van der Waals surface area contributed by atoms with Crippen LogP contribution in [-0.2, 0) is 0 Å². The second-order valence-electron chi connectivity index (χ2n) is 5.39. The third-order valence-corrected chi connectivity index (χ3v) is 4.44. The zero-order chi connectivity index (χ0) is 17.5. The van der Waals surface area contributed by atoms with Crippen molar-refractivity contribution in [1.82, 2.24) is 15.1 Å². The molecule has 24 heavy (non-hydrogen) atoms. The molecule has 1 aromatic heterocycles. The van der Waals surface area contributed by atoms with Gasteiger partial charge < -0.3 is 15.2 Å². The van der Waals surface area contributed by atoms with Crippen molar-refractivity contribution in [3.8, 4) is 11.4 Å². The summed E-state index contributed by atoms with van der Waals surface area (Å²) in [6.07, 6.45) is 4.28.